The van der Waals surface area contributed by atoms with Crippen LogP contribution in [0.1, 0.15) is 25.1 Å². The maximum absolute atomic E-state index is 12.1. The van der Waals surface area contributed by atoms with E-state index in [9.17, 15) is 9.90 Å². The van der Waals surface area contributed by atoms with Crippen molar-refractivity contribution in [2.45, 2.75) is 38.3 Å². The zero-order chi connectivity index (χ0) is 25.1. The Labute approximate surface area is 207 Å². The van der Waals surface area contributed by atoms with Crippen LogP contribution in [0.15, 0.2) is 55.1 Å². The first kappa shape index (κ1) is 23.6. The number of likely N-dealkylation sites (N-methyl/N-ethyl adjacent to an activating group) is 1. The Morgan fingerprint density at radius 2 is 2.08 bits per heavy atom. The molecule has 0 bridgehead atoms. The third-order valence-corrected chi connectivity index (χ3v) is 5.92. The van der Waals surface area contributed by atoms with Crippen molar-refractivity contribution in [1.29, 1.82) is 0 Å². The molecule has 0 saturated carbocycles. The Kier molecular flexibility index (Phi) is 6.74. The number of fused-ring (bicyclic) bond motifs is 1. The van der Waals surface area contributed by atoms with Gasteiger partial charge in [-0.2, -0.15) is 0 Å². The number of carbonyl (C=O) groups excluding carboxylic acids is 1. The molecule has 11 heteroatoms. The van der Waals surface area contributed by atoms with Crippen LogP contribution in [-0.2, 0) is 16.1 Å². The Morgan fingerprint density at radius 1 is 1.25 bits per heavy atom. The number of pyridine rings is 1. The van der Waals surface area contributed by atoms with E-state index in [4.69, 9.17) is 19.4 Å². The summed E-state index contributed by atoms with van der Waals surface area (Å²) in [5.74, 6) is 1.20. The summed E-state index contributed by atoms with van der Waals surface area (Å²) in [4.78, 5) is 30.5. The van der Waals surface area contributed by atoms with E-state index in [2.05, 4.69) is 20.6 Å². The van der Waals surface area contributed by atoms with Gasteiger partial charge in [0.05, 0.1) is 25.2 Å². The lowest BCUT2D eigenvalue weighted by Gasteiger charge is -2.15. The van der Waals surface area contributed by atoms with E-state index >= 15 is 0 Å². The van der Waals surface area contributed by atoms with Crippen LogP contribution in [0, 0.1) is 0 Å². The molecule has 11 nitrogen and oxygen atoms in total. The SMILES string of the molecule is CCOc1cncc(-c2nc(NCc3ccccc3)c3ncn([C@H]4C[C@H](O)[C@@H](C(=O)NC)O4)c3n2)c1. The van der Waals surface area contributed by atoms with Crippen LogP contribution >= 0.6 is 0 Å². The van der Waals surface area contributed by atoms with E-state index in [0.717, 1.165) is 5.56 Å². The fraction of sp³-hybridized carbons (Fsp3) is 0.320. The van der Waals surface area contributed by atoms with E-state index in [-0.39, 0.29) is 12.3 Å². The number of hydrogen-bond acceptors (Lipinski definition) is 9. The molecule has 1 fully saturated rings. The summed E-state index contributed by atoms with van der Waals surface area (Å²) >= 11 is 0. The first-order chi connectivity index (χ1) is 17.6. The summed E-state index contributed by atoms with van der Waals surface area (Å²) in [6, 6.07) is 11.8. The number of ether oxygens (including phenoxy) is 2. The highest BCUT2D eigenvalue weighted by molar-refractivity contribution is 5.85. The summed E-state index contributed by atoms with van der Waals surface area (Å²) < 4.78 is 13.2. The average molecular weight is 490 g/mol. The second kappa shape index (κ2) is 10.3. The molecule has 0 aliphatic carbocycles. The Hall–Kier alpha value is -4.09. The summed E-state index contributed by atoms with van der Waals surface area (Å²) in [5.41, 5.74) is 2.81. The zero-order valence-corrected chi connectivity index (χ0v) is 20.0. The third kappa shape index (κ3) is 4.70. The van der Waals surface area contributed by atoms with Gasteiger partial charge in [-0.15, -0.1) is 0 Å². The number of benzene rings is 1. The van der Waals surface area contributed by atoms with Gasteiger partial charge in [0, 0.05) is 31.8 Å². The number of hydrogen-bond donors (Lipinski definition) is 3. The number of aliphatic hydroxyl groups is 1. The van der Waals surface area contributed by atoms with Crippen LogP contribution in [0.4, 0.5) is 5.82 Å². The first-order valence-electron chi connectivity index (χ1n) is 11.7. The lowest BCUT2D eigenvalue weighted by atomic mass is 10.1. The molecule has 4 aromatic rings. The number of imidazole rings is 1. The van der Waals surface area contributed by atoms with Crippen LogP contribution in [0.3, 0.4) is 0 Å². The minimum atomic E-state index is -0.971. The molecule has 4 heterocycles. The highest BCUT2D eigenvalue weighted by atomic mass is 16.5. The molecular weight excluding hydrogens is 462 g/mol. The van der Waals surface area contributed by atoms with Gasteiger partial charge in [0.15, 0.2) is 28.9 Å². The number of nitrogens with one attached hydrogen (secondary N) is 2. The molecule has 0 radical (unpaired) electrons. The molecule has 3 N–H and O–H groups in total. The minimum Gasteiger partial charge on any atom is -0.492 e. The van der Waals surface area contributed by atoms with Crippen molar-refractivity contribution in [3.63, 3.8) is 0 Å². The van der Waals surface area contributed by atoms with Gasteiger partial charge in [-0.1, -0.05) is 30.3 Å². The molecule has 36 heavy (non-hydrogen) atoms. The number of rotatable bonds is 8. The van der Waals surface area contributed by atoms with Crippen molar-refractivity contribution >= 4 is 22.9 Å². The van der Waals surface area contributed by atoms with Crippen LogP contribution in [0.2, 0.25) is 0 Å². The standard InChI is InChI=1S/C25H27N7O4/c1-3-35-17-9-16(12-27-13-17)22-30-23(28-11-15-7-5-4-6-8-15)20-24(31-22)32(14-29-20)19-10-18(33)21(36-19)25(34)26-2/h4-9,12-14,18-19,21,33H,3,10-11H2,1-2H3,(H,26,34)(H,28,30,31)/t18-,19+,21-/m0/s1. The van der Waals surface area contributed by atoms with Gasteiger partial charge in [-0.3, -0.25) is 14.3 Å². The van der Waals surface area contributed by atoms with Crippen LogP contribution < -0.4 is 15.4 Å². The number of amides is 1. The fourth-order valence-electron chi connectivity index (χ4n) is 4.15. The molecule has 5 rings (SSSR count). The lowest BCUT2D eigenvalue weighted by Crippen LogP contribution is -2.38. The van der Waals surface area contributed by atoms with Gasteiger partial charge >= 0.3 is 0 Å². The molecule has 186 valence electrons. The summed E-state index contributed by atoms with van der Waals surface area (Å²) in [5, 5.41) is 16.3. The van der Waals surface area contributed by atoms with E-state index < -0.39 is 18.4 Å². The van der Waals surface area contributed by atoms with E-state index in [1.54, 1.807) is 23.3 Å². The minimum absolute atomic E-state index is 0.219. The topological polar surface area (TPSA) is 136 Å². The average Bonchev–Trinajstić information content (AvgIpc) is 3.51. The van der Waals surface area contributed by atoms with Crippen molar-refractivity contribution < 1.29 is 19.4 Å². The van der Waals surface area contributed by atoms with Crippen LogP contribution in [0.5, 0.6) is 5.75 Å². The highest BCUT2D eigenvalue weighted by Gasteiger charge is 2.40. The van der Waals surface area contributed by atoms with Crippen molar-refractivity contribution in [2.75, 3.05) is 19.0 Å². The van der Waals surface area contributed by atoms with Gasteiger partial charge in [0.1, 0.15) is 12.0 Å². The van der Waals surface area contributed by atoms with Crippen molar-refractivity contribution in [3.05, 3.63) is 60.7 Å². The monoisotopic (exact) mass is 489 g/mol. The van der Waals surface area contributed by atoms with Crippen molar-refractivity contribution in [2.24, 2.45) is 0 Å². The maximum Gasteiger partial charge on any atom is 0.251 e. The van der Waals surface area contributed by atoms with Crippen LogP contribution in [0.25, 0.3) is 22.6 Å². The van der Waals surface area contributed by atoms with Gasteiger partial charge in [0.2, 0.25) is 0 Å². The van der Waals surface area contributed by atoms with Gasteiger partial charge in [-0.05, 0) is 18.6 Å². The molecule has 1 aliphatic rings. The molecule has 1 aliphatic heterocycles. The zero-order valence-electron chi connectivity index (χ0n) is 20.0. The molecule has 0 unspecified atom stereocenters. The summed E-state index contributed by atoms with van der Waals surface area (Å²) in [6.07, 6.45) is 2.58. The second-order valence-electron chi connectivity index (χ2n) is 8.33. The Bertz CT molecular complexity index is 1360. The second-order valence-corrected chi connectivity index (χ2v) is 8.33. The van der Waals surface area contributed by atoms with E-state index in [1.165, 1.54) is 7.05 Å². The fourth-order valence-corrected chi connectivity index (χ4v) is 4.15. The summed E-state index contributed by atoms with van der Waals surface area (Å²) in [7, 11) is 1.51. The van der Waals surface area contributed by atoms with Gasteiger partial charge in [-0.25, -0.2) is 15.0 Å². The van der Waals surface area contributed by atoms with Gasteiger partial charge < -0.3 is 25.2 Å². The van der Waals surface area contributed by atoms with Crippen molar-refractivity contribution in [3.8, 4) is 17.1 Å². The first-order valence-corrected chi connectivity index (χ1v) is 11.7. The predicted molar refractivity (Wildman–Crippen MR) is 132 cm³/mol. The molecule has 3 aromatic heterocycles. The molecule has 0 spiro atoms. The number of carbonyl (C=O) groups is 1. The smallest absolute Gasteiger partial charge is 0.251 e. The maximum atomic E-state index is 12.1. The largest absolute Gasteiger partial charge is 0.492 e. The predicted octanol–water partition coefficient (Wildman–Crippen LogP) is 2.29. The van der Waals surface area contributed by atoms with Gasteiger partial charge in [0.25, 0.3) is 5.91 Å². The number of nitrogens with zero attached hydrogens (tertiary/aromatic N) is 5. The number of aliphatic hydroxyl groups excluding tert-OH is 1. The third-order valence-electron chi connectivity index (χ3n) is 5.92. The Balaban J connectivity index is 1.55. The van der Waals surface area contributed by atoms with Crippen molar-refractivity contribution in [1.82, 2.24) is 29.8 Å². The normalized spacial score (nSPS) is 19.4. The number of anilines is 1. The molecule has 1 saturated heterocycles. The lowest BCUT2D eigenvalue weighted by molar-refractivity contribution is -0.137. The van der Waals surface area contributed by atoms with E-state index in [0.29, 0.717) is 47.3 Å². The molecule has 1 aromatic carbocycles. The van der Waals surface area contributed by atoms with E-state index in [1.807, 2.05) is 43.3 Å². The van der Waals surface area contributed by atoms with Crippen LogP contribution in [-0.4, -0.2) is 61.4 Å². The molecule has 1 amide bonds. The highest BCUT2D eigenvalue weighted by Crippen LogP contribution is 2.33. The Morgan fingerprint density at radius 3 is 2.86 bits per heavy atom. The molecular formula is C25H27N7O4. The summed E-state index contributed by atoms with van der Waals surface area (Å²) in [6.45, 7) is 2.95. The molecule has 3 atom stereocenters. The number of aromatic nitrogens is 5. The quantitative estimate of drug-likeness (QED) is 0.340.